The molecule has 4 saturated heterocycles. The normalized spacial score (nSPS) is 18.7. The molecule has 0 unspecified atom stereocenters. The Morgan fingerprint density at radius 2 is 0.284 bits per heavy atom. The van der Waals surface area contributed by atoms with Crippen LogP contribution in [0.1, 0.15) is 27.7 Å². The summed E-state index contributed by atoms with van der Waals surface area (Å²) in [5, 5.41) is 163. The van der Waals surface area contributed by atoms with Crippen molar-refractivity contribution in [3.63, 3.8) is 0 Å². The molecule has 4 rings (SSSR count). The average Bonchev–Trinajstić information content (AvgIpc) is 0.844. The molecule has 0 bridgehead atoms. The Kier molecular flexibility index (Phi) is 70.1. The van der Waals surface area contributed by atoms with Crippen molar-refractivity contribution >= 4 is 119 Å². The summed E-state index contributed by atoms with van der Waals surface area (Å²) in [5.74, 6) is -25.2. The van der Waals surface area contributed by atoms with Crippen LogP contribution in [0, 0.1) is 165 Å². The van der Waals surface area contributed by atoms with Crippen LogP contribution in [0.25, 0.3) is 0 Å². The van der Waals surface area contributed by atoms with Gasteiger partial charge >= 0.3 is 160 Å². The van der Waals surface area contributed by atoms with Gasteiger partial charge in [0.05, 0.1) is 122 Å². The van der Waals surface area contributed by atoms with Crippen molar-refractivity contribution in [1.29, 1.82) is 0 Å². The van der Waals surface area contributed by atoms with Gasteiger partial charge in [0, 0.05) is 320 Å². The zero-order chi connectivity index (χ0) is 102. The molecule has 8 amide bonds. The first kappa shape index (κ1) is 135. The Morgan fingerprint density at radius 1 is 0.184 bits per heavy atom. The Balaban J connectivity index is 0.0000490. The molecule has 4 fully saturated rings. The number of carboxylic acids is 12. The van der Waals surface area contributed by atoms with Crippen LogP contribution in [0.4, 0.5) is 0 Å². The van der Waals surface area contributed by atoms with Gasteiger partial charge in [0.15, 0.2) is 0 Å². The molecule has 4 aliphatic rings. The molecular formula is C81H128Gd4N24O32. The molecule has 0 spiro atoms. The van der Waals surface area contributed by atoms with Gasteiger partial charge in [-0.05, 0) is 27.7 Å². The number of carboxylic acid groups (broad SMARTS) is 12. The quantitative estimate of drug-likeness (QED) is 0.0280. The molecule has 0 aliphatic carbocycles. The van der Waals surface area contributed by atoms with E-state index in [0.717, 1.165) is 0 Å². The predicted octanol–water partition coefficient (Wildman–Crippen LogP) is -29.7. The minimum Gasteiger partial charge on any atom is -0.549 e. The number of aliphatic carboxylic acids is 12. The largest absolute Gasteiger partial charge is 3.00 e. The molecule has 4 heterocycles. The minimum atomic E-state index is -1.93. The maximum Gasteiger partial charge on any atom is 3.00 e. The Bertz CT molecular complexity index is 3420. The van der Waals surface area contributed by atoms with E-state index >= 15 is 0 Å². The Hall–Kier alpha value is -5.94. The number of nitrogens with one attached hydrogen (secondary N) is 8. The molecule has 4 atom stereocenters. The van der Waals surface area contributed by atoms with Crippen LogP contribution in [0.3, 0.4) is 0 Å². The van der Waals surface area contributed by atoms with Crippen molar-refractivity contribution in [3.8, 4) is 0 Å². The molecule has 4 radical (unpaired) electrons. The second-order valence-electron chi connectivity index (χ2n) is 34.1. The summed E-state index contributed by atoms with van der Waals surface area (Å²) >= 11 is 0. The van der Waals surface area contributed by atoms with E-state index in [1.54, 1.807) is 19.6 Å². The number of nitrogens with zero attached hydrogens (tertiary/aromatic N) is 16. The molecule has 56 nitrogen and oxygen atoms in total. The number of hydrogen-bond donors (Lipinski definition) is 8. The maximum absolute atomic E-state index is 14.4. The molecular weight excluding hydrogens is 2450 g/mol. The van der Waals surface area contributed by atoms with Crippen LogP contribution in [-0.2, 0) is 95.9 Å². The third kappa shape index (κ3) is 59.6. The van der Waals surface area contributed by atoms with E-state index in [9.17, 15) is 157 Å². The third-order valence-electron chi connectivity index (χ3n) is 23.8. The molecule has 796 valence electrons. The first-order chi connectivity index (χ1) is 64.6. The number of hydrogen-bond acceptors (Lipinski definition) is 48. The number of rotatable bonds is 48. The van der Waals surface area contributed by atoms with E-state index in [1.807, 2.05) is 0 Å². The van der Waals surface area contributed by atoms with Gasteiger partial charge in [0.1, 0.15) is 0 Å². The molecule has 0 saturated carbocycles. The van der Waals surface area contributed by atoms with Crippen LogP contribution >= 0.6 is 0 Å². The fraction of sp³-hybridized carbons (Fsp3) is 0.753. The van der Waals surface area contributed by atoms with Gasteiger partial charge in [-0.15, -0.1) is 0 Å². The Labute approximate surface area is 944 Å². The van der Waals surface area contributed by atoms with Crippen LogP contribution in [0.2, 0.25) is 0 Å². The van der Waals surface area contributed by atoms with Crippen molar-refractivity contribution in [2.24, 2.45) is 5.41 Å². The average molecular weight is 2580 g/mol. The van der Waals surface area contributed by atoms with Gasteiger partial charge in [-0.3, -0.25) is 117 Å². The van der Waals surface area contributed by atoms with Crippen molar-refractivity contribution in [2.75, 3.05) is 340 Å². The van der Waals surface area contributed by atoms with E-state index in [2.05, 4.69) is 42.5 Å². The SMILES string of the molecule is C[C@H](C(=O)NCC(=O)NCC(CNC(=O)CNC(=O)[C@H](C)N1CCN(CC(=O)[O-])CCN(CC(=O)[O-])CCN(CC(=O)[O-])CC1)(CNC(=O)CNC(=O)[C@H](C)N1CCN(CC(=O)[O-])CCN(CC(=O)[O-])CCN(CC(=O)[O-])CC1)CNC(=O)CNC(=O)[C@H](C)N1CCN(CC(=O)[O-])CCN(CC(=O)[O-])CCN(CC(=O)[O-])CC1)N1CCN(CC(=O)[O-])CCN(CC(=O)[O-])CCN(CC(=O)[O-])CC1.[Gd+3].[Gd+3].[Gd+3].[Gd+3]. The van der Waals surface area contributed by atoms with E-state index in [4.69, 9.17) is 0 Å². The molecule has 0 aromatic rings. The predicted molar refractivity (Wildman–Crippen MR) is 448 cm³/mol. The fourth-order valence-electron chi connectivity index (χ4n) is 15.5. The van der Waals surface area contributed by atoms with Gasteiger partial charge in [-0.25, -0.2) is 0 Å². The number of carbonyl (C=O) groups excluding carboxylic acids is 20. The summed E-state index contributed by atoms with van der Waals surface area (Å²) in [6.07, 6.45) is 0. The monoisotopic (exact) mass is 2580 g/mol. The summed E-state index contributed by atoms with van der Waals surface area (Å²) < 4.78 is 0. The molecule has 0 aromatic carbocycles. The summed E-state index contributed by atoms with van der Waals surface area (Å²) in [6, 6.07) is -4.76. The third-order valence-corrected chi connectivity index (χ3v) is 23.8. The summed E-state index contributed by atoms with van der Waals surface area (Å²) in [6.45, 7) is -10.0. The molecule has 4 aliphatic heterocycles. The van der Waals surface area contributed by atoms with Gasteiger partial charge < -0.3 is 161 Å². The minimum absolute atomic E-state index is 0. The van der Waals surface area contributed by atoms with Crippen LogP contribution in [0.5, 0.6) is 0 Å². The van der Waals surface area contributed by atoms with Crippen molar-refractivity contribution in [3.05, 3.63) is 0 Å². The van der Waals surface area contributed by atoms with Crippen molar-refractivity contribution in [1.82, 2.24) is 121 Å². The Morgan fingerprint density at radius 3 is 0.383 bits per heavy atom. The van der Waals surface area contributed by atoms with Gasteiger partial charge in [0.25, 0.3) is 0 Å². The number of amides is 8. The van der Waals surface area contributed by atoms with Gasteiger partial charge in [-0.2, -0.15) is 0 Å². The van der Waals surface area contributed by atoms with Crippen molar-refractivity contribution in [2.45, 2.75) is 51.9 Å². The summed E-state index contributed by atoms with van der Waals surface area (Å²) in [5.41, 5.74) is -1.93. The molecule has 141 heavy (non-hydrogen) atoms. The first-order valence-electron chi connectivity index (χ1n) is 44.8. The second-order valence-corrected chi connectivity index (χ2v) is 34.1. The number of carbonyl (C=O) groups is 20. The summed E-state index contributed by atoms with van der Waals surface area (Å²) in [4.78, 5) is 281. The van der Waals surface area contributed by atoms with Gasteiger partial charge in [0.2, 0.25) is 47.3 Å². The molecule has 0 aromatic heterocycles. The topological polar surface area (TPSA) is 766 Å². The summed E-state index contributed by atoms with van der Waals surface area (Å²) in [7, 11) is 0. The second kappa shape index (κ2) is 73.2. The fourth-order valence-corrected chi connectivity index (χ4v) is 15.5. The van der Waals surface area contributed by atoms with Crippen LogP contribution in [-0.4, -0.2) is 562 Å². The smallest absolute Gasteiger partial charge is 0.549 e. The molecule has 60 heteroatoms. The zero-order valence-corrected chi connectivity index (χ0v) is 88.3. The van der Waals surface area contributed by atoms with Crippen molar-refractivity contribution < 1.29 is 317 Å². The van der Waals surface area contributed by atoms with E-state index < -0.39 is 279 Å². The zero-order valence-electron chi connectivity index (χ0n) is 79.2. The van der Waals surface area contributed by atoms with E-state index in [0.29, 0.717) is 0 Å². The van der Waals surface area contributed by atoms with E-state index in [-0.39, 0.29) is 369 Å². The van der Waals surface area contributed by atoms with Crippen LogP contribution in [0.15, 0.2) is 0 Å². The first-order valence-corrected chi connectivity index (χ1v) is 44.8. The van der Waals surface area contributed by atoms with E-state index in [1.165, 1.54) is 86.5 Å². The maximum atomic E-state index is 14.4. The van der Waals surface area contributed by atoms with Crippen LogP contribution < -0.4 is 104 Å². The van der Waals surface area contributed by atoms with Gasteiger partial charge in [-0.1, -0.05) is 0 Å². The standard InChI is InChI=1S/C81H140N24O32.4Gd/c1-57(102-29-21-94(45-69(118)119)13-5-90(41-65(110)111)6-14-95(22-30-102)46-70(120)121)77(134)82-37-61(106)86-53-81(54-87-62(107)38-83-78(135)58(2)103-31-23-96(47-71(122)123)15-7-91(42-66(112)113)8-16-97(24-32-103)48-72(124)125,55-88-63(108)39-84-79(136)59(3)104-33-25-98(49-73(126)127)17-9-92(43-67(114)115)10-18-99(26-34-104)50-74(128)129)56-89-64(109)40-85-80(137)60(4)105-35-27-100(51-75(130)131)19-11-93(44-68(116)117)12-20-101(28-36-105)52-76(132)133;;;;/h57-60H,5-56H2,1-4H3,(H,82,134)(H,83,135)(H,84,136)(H,85,137)(H,86,106)(H,87,107)(H,88,108)(H,89,109)(H,110,111)(H,112,113)(H,114,115)(H,116,117)(H,118,119)(H,120,121)(H,122,123)(H,124,125)(H,126,127)(H,128,129)(H,130,131)(H,132,133);;;;/q;4*+3/p-12/t57-,58-,59-,60+;;;;/m0..../s1. The molecule has 8 N–H and O–H groups in total.